The summed E-state index contributed by atoms with van der Waals surface area (Å²) in [6.45, 7) is 4.02. The molecule has 242 valence electrons. The van der Waals surface area contributed by atoms with Crippen LogP contribution in [0.15, 0.2) is 42.7 Å². The number of likely N-dealkylation sites (N-methyl/N-ethyl adjacent to an activating group) is 2. The maximum atomic E-state index is 14.3. The van der Waals surface area contributed by atoms with Gasteiger partial charge in [-0.1, -0.05) is 6.92 Å². The molecule has 0 bridgehead atoms. The van der Waals surface area contributed by atoms with Crippen molar-refractivity contribution in [2.24, 2.45) is 0 Å². The van der Waals surface area contributed by atoms with E-state index in [-0.39, 0.29) is 34.3 Å². The molecule has 2 aromatic heterocycles. The van der Waals surface area contributed by atoms with Gasteiger partial charge in [0.05, 0.1) is 36.0 Å². The summed E-state index contributed by atoms with van der Waals surface area (Å²) >= 11 is 1.27. The van der Waals surface area contributed by atoms with Crippen molar-refractivity contribution in [2.75, 3.05) is 72.3 Å². The van der Waals surface area contributed by atoms with Crippen LogP contribution in [0, 0.1) is 10.1 Å². The van der Waals surface area contributed by atoms with Crippen LogP contribution in [0.1, 0.15) is 12.5 Å². The Morgan fingerprint density at radius 2 is 1.82 bits per heavy atom. The fraction of sp³-hybridized carbons (Fsp3) is 0.379. The first-order valence-electron chi connectivity index (χ1n) is 13.8. The molecule has 0 fully saturated rings. The first-order chi connectivity index (χ1) is 21.3. The molecule has 0 amide bonds. The predicted octanol–water partition coefficient (Wildman–Crippen LogP) is 6.15. The second-order valence-corrected chi connectivity index (χ2v) is 11.6. The van der Waals surface area contributed by atoms with Crippen LogP contribution in [0.5, 0.6) is 11.5 Å². The van der Waals surface area contributed by atoms with Crippen LogP contribution < -0.4 is 19.7 Å². The molecule has 4 rings (SSSR count). The zero-order chi connectivity index (χ0) is 33.1. The van der Waals surface area contributed by atoms with Crippen molar-refractivity contribution in [3.63, 3.8) is 0 Å². The van der Waals surface area contributed by atoms with Gasteiger partial charge in [-0.15, -0.1) is 0 Å². The average Bonchev–Trinajstić information content (AvgIpc) is 3.35. The minimum atomic E-state index is -4.77. The smallest absolute Gasteiger partial charge is 0.419 e. The third-order valence-corrected chi connectivity index (χ3v) is 7.89. The number of aromatic nitrogens is 3. The highest BCUT2D eigenvalue weighted by molar-refractivity contribution is 7.95. The number of hydrogen-bond acceptors (Lipinski definition) is 11. The molecule has 12 nitrogen and oxygen atoms in total. The van der Waals surface area contributed by atoms with E-state index in [0.29, 0.717) is 41.6 Å². The minimum Gasteiger partial charge on any atom is -0.497 e. The van der Waals surface area contributed by atoms with Gasteiger partial charge in [-0.25, -0.2) is 14.3 Å². The molecule has 0 saturated heterocycles. The summed E-state index contributed by atoms with van der Waals surface area (Å²) < 4.78 is 57.3. The summed E-state index contributed by atoms with van der Waals surface area (Å²) in [5.74, 6) is 0.558. The Bertz CT molecular complexity index is 1680. The average molecular weight is 649 g/mol. The van der Waals surface area contributed by atoms with Gasteiger partial charge in [-0.3, -0.25) is 14.1 Å². The first kappa shape index (κ1) is 33.6. The van der Waals surface area contributed by atoms with Gasteiger partial charge in [-0.2, -0.15) is 13.2 Å². The van der Waals surface area contributed by atoms with E-state index in [0.717, 1.165) is 6.54 Å². The van der Waals surface area contributed by atoms with E-state index in [2.05, 4.69) is 20.2 Å². The fourth-order valence-corrected chi connectivity index (χ4v) is 5.33. The lowest BCUT2D eigenvalue weighted by Crippen LogP contribution is -2.31. The Labute approximate surface area is 263 Å². The molecule has 0 spiro atoms. The molecule has 0 aliphatic heterocycles. The van der Waals surface area contributed by atoms with Crippen LogP contribution in [0.25, 0.3) is 22.2 Å². The minimum absolute atomic E-state index is 0.119. The SMILES string of the molecule is CCN(C)CCN(C)c1cc(OC)c(Nc2ncc(C(F)(F)F)c(-c3cn(SN(C)C)c4cc(OC)ccc34)n2)cc1[N+](=O)[O-]. The van der Waals surface area contributed by atoms with Crippen molar-refractivity contribution in [3.8, 4) is 22.8 Å². The van der Waals surface area contributed by atoms with E-state index >= 15 is 0 Å². The standard InChI is InChI=1S/C29H35F3N8O4S/c1-8-37(4)11-12-38(5)24-15-26(44-7)22(14-25(24)40(41)42)34-28-33-16-21(29(30,31)32)27(35-28)20-17-39(45-36(2)3)23-13-18(43-6)9-10-19(20)23/h9-10,13-17H,8,11-12H2,1-7H3,(H,33,34,35). The van der Waals surface area contributed by atoms with Gasteiger partial charge in [0.2, 0.25) is 5.95 Å². The molecule has 2 heterocycles. The van der Waals surface area contributed by atoms with E-state index < -0.39 is 16.7 Å². The number of ether oxygens (including phenoxy) is 2. The third kappa shape index (κ3) is 7.51. The molecule has 2 aromatic carbocycles. The maximum absolute atomic E-state index is 14.3. The van der Waals surface area contributed by atoms with Gasteiger partial charge in [0.25, 0.3) is 5.69 Å². The molecule has 4 aromatic rings. The van der Waals surface area contributed by atoms with Crippen molar-refractivity contribution in [3.05, 3.63) is 58.4 Å². The number of nitro benzene ring substituents is 1. The van der Waals surface area contributed by atoms with E-state index in [1.54, 1.807) is 44.6 Å². The summed E-state index contributed by atoms with van der Waals surface area (Å²) in [6.07, 6.45) is -2.50. The third-order valence-electron chi connectivity index (χ3n) is 7.09. The van der Waals surface area contributed by atoms with Crippen LogP contribution in [0.3, 0.4) is 0 Å². The molecule has 45 heavy (non-hydrogen) atoms. The summed E-state index contributed by atoms with van der Waals surface area (Å²) in [7, 11) is 10.2. The van der Waals surface area contributed by atoms with Crippen molar-refractivity contribution in [2.45, 2.75) is 13.1 Å². The maximum Gasteiger partial charge on any atom is 0.419 e. The lowest BCUT2D eigenvalue weighted by molar-refractivity contribution is -0.384. The van der Waals surface area contributed by atoms with Gasteiger partial charge in [0.1, 0.15) is 22.7 Å². The van der Waals surface area contributed by atoms with E-state index in [4.69, 9.17) is 9.47 Å². The van der Waals surface area contributed by atoms with Crippen LogP contribution >= 0.6 is 12.1 Å². The normalized spacial score (nSPS) is 11.8. The molecule has 0 saturated carbocycles. The molecule has 0 unspecified atom stereocenters. The lowest BCUT2D eigenvalue weighted by atomic mass is 10.1. The molecule has 0 radical (unpaired) electrons. The largest absolute Gasteiger partial charge is 0.497 e. The summed E-state index contributed by atoms with van der Waals surface area (Å²) in [4.78, 5) is 23.6. The molecule has 0 aliphatic carbocycles. The lowest BCUT2D eigenvalue weighted by Gasteiger charge is -2.23. The van der Waals surface area contributed by atoms with Crippen LogP contribution in [-0.2, 0) is 6.18 Å². The number of benzene rings is 2. The van der Waals surface area contributed by atoms with Crippen molar-refractivity contribution >= 4 is 46.0 Å². The van der Waals surface area contributed by atoms with Gasteiger partial charge in [-0.05, 0) is 39.8 Å². The number of fused-ring (bicyclic) bond motifs is 1. The van der Waals surface area contributed by atoms with Crippen LogP contribution in [0.2, 0.25) is 0 Å². The highest BCUT2D eigenvalue weighted by Crippen LogP contribution is 2.43. The Kier molecular flexibility index (Phi) is 10.3. The van der Waals surface area contributed by atoms with Gasteiger partial charge in [0.15, 0.2) is 0 Å². The van der Waals surface area contributed by atoms with Gasteiger partial charge < -0.3 is 24.6 Å². The molecule has 0 aliphatic rings. The number of hydrogen-bond donors (Lipinski definition) is 1. The van der Waals surface area contributed by atoms with Gasteiger partial charge in [0, 0.05) is 73.8 Å². The van der Waals surface area contributed by atoms with Gasteiger partial charge >= 0.3 is 6.18 Å². The number of nitrogens with zero attached hydrogens (tertiary/aromatic N) is 7. The molecule has 0 atom stereocenters. The molecular weight excluding hydrogens is 613 g/mol. The number of nitro groups is 1. The quantitative estimate of drug-likeness (QED) is 0.102. The summed E-state index contributed by atoms with van der Waals surface area (Å²) in [5, 5.41) is 15.5. The second-order valence-electron chi connectivity index (χ2n) is 10.3. The Morgan fingerprint density at radius 1 is 1.09 bits per heavy atom. The number of halogens is 3. The van der Waals surface area contributed by atoms with E-state index in [9.17, 15) is 23.3 Å². The number of nitrogens with one attached hydrogen (secondary N) is 1. The fourth-order valence-electron chi connectivity index (χ4n) is 4.59. The number of rotatable bonds is 13. The number of alkyl halides is 3. The van der Waals surface area contributed by atoms with Crippen molar-refractivity contribution < 1.29 is 27.6 Å². The van der Waals surface area contributed by atoms with E-state index in [1.165, 1.54) is 38.5 Å². The second kappa shape index (κ2) is 13.8. The Morgan fingerprint density at radius 3 is 2.42 bits per heavy atom. The van der Waals surface area contributed by atoms with E-state index in [1.807, 2.05) is 28.1 Å². The van der Waals surface area contributed by atoms with Crippen LogP contribution in [0.4, 0.5) is 36.2 Å². The highest BCUT2D eigenvalue weighted by atomic mass is 32.2. The Balaban J connectivity index is 1.83. The monoisotopic (exact) mass is 648 g/mol. The van der Waals surface area contributed by atoms with Crippen LogP contribution in [-0.4, -0.2) is 90.1 Å². The highest BCUT2D eigenvalue weighted by Gasteiger charge is 2.36. The van der Waals surface area contributed by atoms with Crippen molar-refractivity contribution in [1.29, 1.82) is 0 Å². The molecule has 1 N–H and O–H groups in total. The number of anilines is 3. The predicted molar refractivity (Wildman–Crippen MR) is 171 cm³/mol. The molecule has 16 heteroatoms. The zero-order valence-electron chi connectivity index (χ0n) is 26.0. The number of methoxy groups -OCH3 is 2. The topological polar surface area (TPSA) is 114 Å². The molecular formula is C29H35F3N8O4S. The van der Waals surface area contributed by atoms with Crippen molar-refractivity contribution in [1.82, 2.24) is 23.1 Å². The first-order valence-corrected chi connectivity index (χ1v) is 14.5. The summed E-state index contributed by atoms with van der Waals surface area (Å²) in [6, 6.07) is 7.84. The summed E-state index contributed by atoms with van der Waals surface area (Å²) in [5.41, 5.74) is -0.346. The zero-order valence-corrected chi connectivity index (χ0v) is 26.8. The Hall–Kier alpha value is -4.28.